The molecular formula is C23H19N3O8. The lowest BCUT2D eigenvalue weighted by Crippen LogP contribution is -2.31. The number of para-hydroxylation sites is 1. The molecule has 0 aliphatic carbocycles. The number of nitrogens with one attached hydrogen (secondary N) is 1. The molecule has 1 aliphatic rings. The number of cyclic esters (lactones) is 1. The number of hydrogen-bond donors (Lipinski definition) is 1. The number of methoxy groups -OCH3 is 2. The lowest BCUT2D eigenvalue weighted by Gasteiger charge is -2.12. The zero-order chi connectivity index (χ0) is 24.4. The van der Waals surface area contributed by atoms with E-state index in [1.54, 1.807) is 28.8 Å². The van der Waals surface area contributed by atoms with Crippen molar-refractivity contribution in [2.45, 2.75) is 6.54 Å². The van der Waals surface area contributed by atoms with Crippen LogP contribution in [0.25, 0.3) is 10.9 Å². The van der Waals surface area contributed by atoms with Crippen LogP contribution in [-0.4, -0.2) is 48.0 Å². The summed E-state index contributed by atoms with van der Waals surface area (Å²) in [6.45, 7) is -0.0951. The average Bonchev–Trinajstić information content (AvgIpc) is 3.41. The first kappa shape index (κ1) is 22.5. The number of ether oxygens (including phenoxy) is 3. The number of nitrogens with zero attached hydrogens (tertiary/aromatic N) is 2. The second kappa shape index (κ2) is 9.06. The molecule has 3 aromatic rings. The maximum absolute atomic E-state index is 12.9. The van der Waals surface area contributed by atoms with Gasteiger partial charge in [-0.15, -0.1) is 0 Å². The molecule has 0 fully saturated rings. The molecule has 11 nitrogen and oxygen atoms in total. The van der Waals surface area contributed by atoms with E-state index in [0.29, 0.717) is 22.2 Å². The second-order valence-corrected chi connectivity index (χ2v) is 7.34. The Bertz CT molecular complexity index is 1370. The topological polar surface area (TPSA) is 139 Å². The van der Waals surface area contributed by atoms with Crippen molar-refractivity contribution < 1.29 is 33.5 Å². The number of carbonyl (C=O) groups is 3. The Morgan fingerprint density at radius 2 is 1.88 bits per heavy atom. The van der Waals surface area contributed by atoms with Crippen molar-refractivity contribution in [2.75, 3.05) is 20.8 Å². The number of benzene rings is 2. The number of Topliss-reactive ketones (excluding diaryl/α,β-unsaturated/α-hetero) is 1. The number of carbonyl (C=O) groups excluding carboxylic acids is 3. The zero-order valence-electron chi connectivity index (χ0n) is 18.2. The van der Waals surface area contributed by atoms with E-state index >= 15 is 0 Å². The minimum absolute atomic E-state index is 0.0274. The highest BCUT2D eigenvalue weighted by Gasteiger charge is 2.26. The summed E-state index contributed by atoms with van der Waals surface area (Å²) in [7, 11) is 2.81. The van der Waals surface area contributed by atoms with E-state index in [0.717, 1.165) is 6.08 Å². The highest BCUT2D eigenvalue weighted by molar-refractivity contribution is 6.45. The molecule has 4 rings (SSSR count). The number of aromatic nitrogens is 1. The summed E-state index contributed by atoms with van der Waals surface area (Å²) in [4.78, 5) is 47.8. The predicted octanol–water partition coefficient (Wildman–Crippen LogP) is 2.35. The number of ketones is 1. The minimum Gasteiger partial charge on any atom is -0.493 e. The van der Waals surface area contributed by atoms with Gasteiger partial charge in [-0.3, -0.25) is 19.7 Å². The molecule has 11 heteroatoms. The highest BCUT2D eigenvalue weighted by Crippen LogP contribution is 2.35. The fourth-order valence-corrected chi connectivity index (χ4v) is 3.72. The van der Waals surface area contributed by atoms with Crippen LogP contribution >= 0.6 is 0 Å². The first-order chi connectivity index (χ1) is 16.3. The third-order valence-electron chi connectivity index (χ3n) is 5.30. The van der Waals surface area contributed by atoms with Crippen molar-refractivity contribution >= 4 is 34.3 Å². The molecule has 34 heavy (non-hydrogen) atoms. The molecule has 174 valence electrons. The molecular weight excluding hydrogens is 446 g/mol. The molecule has 2 heterocycles. The van der Waals surface area contributed by atoms with Gasteiger partial charge in [0, 0.05) is 23.2 Å². The summed E-state index contributed by atoms with van der Waals surface area (Å²) < 4.78 is 16.8. The van der Waals surface area contributed by atoms with Crippen molar-refractivity contribution in [3.63, 3.8) is 0 Å². The van der Waals surface area contributed by atoms with E-state index in [1.807, 2.05) is 0 Å². The van der Waals surface area contributed by atoms with Gasteiger partial charge in [0.2, 0.25) is 0 Å². The number of nitro benzene ring substituents is 1. The van der Waals surface area contributed by atoms with E-state index in [1.165, 1.54) is 32.5 Å². The van der Waals surface area contributed by atoms with Crippen LogP contribution in [0.3, 0.4) is 0 Å². The largest absolute Gasteiger partial charge is 0.493 e. The van der Waals surface area contributed by atoms with E-state index in [9.17, 15) is 24.5 Å². The van der Waals surface area contributed by atoms with Gasteiger partial charge in [0.1, 0.15) is 6.61 Å². The average molecular weight is 465 g/mol. The van der Waals surface area contributed by atoms with Gasteiger partial charge >= 0.3 is 5.97 Å². The highest BCUT2D eigenvalue weighted by atomic mass is 16.6. The quantitative estimate of drug-likeness (QED) is 0.176. The van der Waals surface area contributed by atoms with Crippen LogP contribution in [0.4, 0.5) is 5.69 Å². The van der Waals surface area contributed by atoms with Crippen LogP contribution in [0.5, 0.6) is 11.5 Å². The zero-order valence-corrected chi connectivity index (χ0v) is 18.2. The summed E-state index contributed by atoms with van der Waals surface area (Å²) in [5.41, 5.74) is 1.04. The molecule has 0 atom stereocenters. The molecule has 1 aromatic heterocycles. The fourth-order valence-electron chi connectivity index (χ4n) is 3.72. The summed E-state index contributed by atoms with van der Waals surface area (Å²) >= 11 is 0. The molecule has 1 amide bonds. The van der Waals surface area contributed by atoms with Crippen LogP contribution in [0.2, 0.25) is 0 Å². The fraction of sp³-hybridized carbons (Fsp3) is 0.174. The molecule has 0 saturated carbocycles. The second-order valence-electron chi connectivity index (χ2n) is 7.34. The van der Waals surface area contributed by atoms with Gasteiger partial charge < -0.3 is 24.1 Å². The predicted molar refractivity (Wildman–Crippen MR) is 119 cm³/mol. The number of hydrogen-bond acceptors (Lipinski definition) is 8. The molecule has 2 aromatic carbocycles. The van der Waals surface area contributed by atoms with E-state index < -0.39 is 22.6 Å². The van der Waals surface area contributed by atoms with Gasteiger partial charge in [0.25, 0.3) is 17.4 Å². The maximum atomic E-state index is 12.9. The van der Waals surface area contributed by atoms with Crippen molar-refractivity contribution in [3.8, 4) is 11.5 Å². The van der Waals surface area contributed by atoms with Crippen LogP contribution in [0.15, 0.2) is 54.4 Å². The number of esters is 1. The number of rotatable bonds is 8. The summed E-state index contributed by atoms with van der Waals surface area (Å²) in [6.07, 6.45) is 2.57. The number of fused-ring (bicyclic) bond motifs is 1. The SMILES string of the molecule is COc1cc(Cn2cc(C(=O)C(=O)NC3=CC(=O)OC3)c3ccccc32)c([N+](=O)[O-])cc1OC. The third kappa shape index (κ3) is 4.18. The third-order valence-corrected chi connectivity index (χ3v) is 5.30. The van der Waals surface area contributed by atoms with Crippen LogP contribution in [0, 0.1) is 10.1 Å². The van der Waals surface area contributed by atoms with Crippen molar-refractivity contribution in [2.24, 2.45) is 0 Å². The Morgan fingerprint density at radius 1 is 1.18 bits per heavy atom. The van der Waals surface area contributed by atoms with Gasteiger partial charge in [-0.1, -0.05) is 18.2 Å². The lowest BCUT2D eigenvalue weighted by atomic mass is 10.1. The normalized spacial score (nSPS) is 12.8. The monoisotopic (exact) mass is 465 g/mol. The molecule has 1 aliphatic heterocycles. The van der Waals surface area contributed by atoms with E-state index in [-0.39, 0.29) is 35.8 Å². The summed E-state index contributed by atoms with van der Waals surface area (Å²) in [5.74, 6) is -1.82. The Labute approximate surface area is 192 Å². The summed E-state index contributed by atoms with van der Waals surface area (Å²) in [5, 5.41) is 14.6. The smallest absolute Gasteiger partial charge is 0.333 e. The number of amides is 1. The van der Waals surface area contributed by atoms with E-state index in [2.05, 4.69) is 5.32 Å². The maximum Gasteiger partial charge on any atom is 0.333 e. The Balaban J connectivity index is 1.72. The van der Waals surface area contributed by atoms with Crippen molar-refractivity contribution in [1.29, 1.82) is 0 Å². The van der Waals surface area contributed by atoms with Gasteiger partial charge in [-0.05, 0) is 12.1 Å². The molecule has 0 spiro atoms. The van der Waals surface area contributed by atoms with Gasteiger partial charge in [0.15, 0.2) is 11.5 Å². The Morgan fingerprint density at radius 3 is 2.53 bits per heavy atom. The van der Waals surface area contributed by atoms with Gasteiger partial charge in [-0.2, -0.15) is 0 Å². The minimum atomic E-state index is -0.926. The van der Waals surface area contributed by atoms with Crippen molar-refractivity contribution in [1.82, 2.24) is 9.88 Å². The molecule has 0 bridgehead atoms. The molecule has 0 unspecified atom stereocenters. The van der Waals surface area contributed by atoms with Gasteiger partial charge in [0.05, 0.1) is 48.6 Å². The van der Waals surface area contributed by atoms with Gasteiger partial charge in [-0.25, -0.2) is 4.79 Å². The molecule has 0 saturated heterocycles. The van der Waals surface area contributed by atoms with E-state index in [4.69, 9.17) is 14.2 Å². The standard InChI is InChI=1S/C23H19N3O8/c1-32-19-7-13(18(26(30)31)9-20(19)33-2)10-25-11-16(15-5-3-4-6-17(15)25)22(28)23(29)24-14-8-21(27)34-12-14/h3-9,11H,10,12H2,1-2H3,(H,24,29). The number of nitro groups is 1. The first-order valence-corrected chi connectivity index (χ1v) is 10.0. The summed E-state index contributed by atoms with van der Waals surface area (Å²) in [6, 6.07) is 9.66. The Kier molecular flexibility index (Phi) is 6.00. The van der Waals surface area contributed by atoms with Crippen molar-refractivity contribution in [3.05, 3.63) is 75.6 Å². The lowest BCUT2D eigenvalue weighted by molar-refractivity contribution is -0.385. The van der Waals surface area contributed by atoms with Crippen LogP contribution in [-0.2, 0) is 20.9 Å². The van der Waals surface area contributed by atoms with Crippen LogP contribution < -0.4 is 14.8 Å². The first-order valence-electron chi connectivity index (χ1n) is 10.0. The molecule has 1 N–H and O–H groups in total. The van der Waals surface area contributed by atoms with Crippen LogP contribution in [0.1, 0.15) is 15.9 Å². The molecule has 0 radical (unpaired) electrons. The Hall–Kier alpha value is -4.67.